The topological polar surface area (TPSA) is 26.0 Å². The molecule has 0 aromatic carbocycles. The third-order valence-electron chi connectivity index (χ3n) is 4.11. The summed E-state index contributed by atoms with van der Waals surface area (Å²) in [5, 5.41) is 0. The molecule has 72 valence electrons. The monoisotopic (exact) mass is 169 g/mol. The second-order valence-electron chi connectivity index (χ2n) is 4.93. The van der Waals surface area contributed by atoms with E-state index in [-0.39, 0.29) is 0 Å². The zero-order valence-corrected chi connectivity index (χ0v) is 8.98. The maximum absolute atomic E-state index is 5.90. The first-order valence-electron chi connectivity index (χ1n) is 5.24. The molecule has 1 fully saturated rings. The molecule has 1 heteroatoms. The van der Waals surface area contributed by atoms with Gasteiger partial charge in [0.1, 0.15) is 0 Å². The normalized spacial score (nSPS) is 32.5. The van der Waals surface area contributed by atoms with Crippen LogP contribution in [0.3, 0.4) is 0 Å². The van der Waals surface area contributed by atoms with E-state index in [1.54, 1.807) is 0 Å². The van der Waals surface area contributed by atoms with Crippen LogP contribution in [-0.2, 0) is 0 Å². The number of hydrogen-bond donors (Lipinski definition) is 1. The zero-order chi connectivity index (χ0) is 9.41. The molecule has 0 spiro atoms. The van der Waals surface area contributed by atoms with Crippen molar-refractivity contribution in [3.8, 4) is 0 Å². The van der Waals surface area contributed by atoms with Crippen LogP contribution in [0.4, 0.5) is 0 Å². The van der Waals surface area contributed by atoms with Crippen LogP contribution in [0.25, 0.3) is 0 Å². The Morgan fingerprint density at radius 2 is 1.67 bits per heavy atom. The molecule has 0 amide bonds. The van der Waals surface area contributed by atoms with E-state index in [0.29, 0.717) is 10.8 Å². The summed E-state index contributed by atoms with van der Waals surface area (Å²) in [6.07, 6.45) is 3.91. The van der Waals surface area contributed by atoms with E-state index < -0.39 is 0 Å². The van der Waals surface area contributed by atoms with E-state index in [1.807, 2.05) is 0 Å². The highest BCUT2D eigenvalue weighted by Crippen LogP contribution is 2.68. The van der Waals surface area contributed by atoms with Crippen molar-refractivity contribution in [3.05, 3.63) is 0 Å². The molecule has 12 heavy (non-hydrogen) atoms. The van der Waals surface area contributed by atoms with Gasteiger partial charge in [-0.1, -0.05) is 40.5 Å². The fourth-order valence-corrected chi connectivity index (χ4v) is 3.03. The standard InChI is InChI=1S/C11H23N/c1-5-9(6-2)11(8-12)7-10(11,3)4/h9H,5-8,12H2,1-4H3. The van der Waals surface area contributed by atoms with E-state index in [1.165, 1.54) is 19.3 Å². The van der Waals surface area contributed by atoms with Gasteiger partial charge >= 0.3 is 0 Å². The Labute approximate surface area is 76.7 Å². The molecule has 0 aliphatic heterocycles. The van der Waals surface area contributed by atoms with Crippen LogP contribution in [0.1, 0.15) is 47.0 Å². The van der Waals surface area contributed by atoms with Crippen LogP contribution < -0.4 is 5.73 Å². The molecule has 1 unspecified atom stereocenters. The van der Waals surface area contributed by atoms with Gasteiger partial charge in [0.05, 0.1) is 0 Å². The molecule has 1 rings (SSSR count). The van der Waals surface area contributed by atoms with Gasteiger partial charge in [0.2, 0.25) is 0 Å². The van der Waals surface area contributed by atoms with Crippen molar-refractivity contribution in [2.75, 3.05) is 6.54 Å². The lowest BCUT2D eigenvalue weighted by molar-refractivity contribution is 0.236. The summed E-state index contributed by atoms with van der Waals surface area (Å²) in [5.41, 5.74) is 6.89. The first-order valence-corrected chi connectivity index (χ1v) is 5.24. The zero-order valence-electron chi connectivity index (χ0n) is 8.98. The second-order valence-corrected chi connectivity index (χ2v) is 4.93. The van der Waals surface area contributed by atoms with Crippen molar-refractivity contribution in [1.29, 1.82) is 0 Å². The third kappa shape index (κ3) is 1.19. The average molecular weight is 169 g/mol. The highest BCUT2D eigenvalue weighted by atomic mass is 14.8. The quantitative estimate of drug-likeness (QED) is 0.688. The Morgan fingerprint density at radius 3 is 1.75 bits per heavy atom. The maximum atomic E-state index is 5.90. The molecule has 1 nitrogen and oxygen atoms in total. The van der Waals surface area contributed by atoms with Gasteiger partial charge in [0.15, 0.2) is 0 Å². The Balaban J connectivity index is 2.70. The van der Waals surface area contributed by atoms with Crippen molar-refractivity contribution in [2.45, 2.75) is 47.0 Å². The summed E-state index contributed by atoms with van der Waals surface area (Å²) in [6.45, 7) is 10.2. The summed E-state index contributed by atoms with van der Waals surface area (Å²) in [5.74, 6) is 0.845. The van der Waals surface area contributed by atoms with Crippen LogP contribution in [0.15, 0.2) is 0 Å². The summed E-state index contributed by atoms with van der Waals surface area (Å²) >= 11 is 0. The molecule has 1 atom stereocenters. The SMILES string of the molecule is CCC(CC)C1(CN)CC1(C)C. The Morgan fingerprint density at radius 1 is 1.25 bits per heavy atom. The average Bonchev–Trinajstić information content (AvgIpc) is 2.58. The lowest BCUT2D eigenvalue weighted by atomic mass is 9.79. The van der Waals surface area contributed by atoms with E-state index in [9.17, 15) is 0 Å². The summed E-state index contributed by atoms with van der Waals surface area (Å²) in [6, 6.07) is 0. The van der Waals surface area contributed by atoms with Crippen LogP contribution in [0.2, 0.25) is 0 Å². The van der Waals surface area contributed by atoms with Crippen molar-refractivity contribution < 1.29 is 0 Å². The smallest absolute Gasteiger partial charge is 0.00125 e. The molecule has 0 aromatic rings. The van der Waals surface area contributed by atoms with Crippen LogP contribution in [0, 0.1) is 16.7 Å². The van der Waals surface area contributed by atoms with E-state index in [0.717, 1.165) is 12.5 Å². The molecular weight excluding hydrogens is 146 g/mol. The van der Waals surface area contributed by atoms with Gasteiger partial charge in [-0.3, -0.25) is 0 Å². The lowest BCUT2D eigenvalue weighted by Crippen LogP contribution is -2.28. The fourth-order valence-electron chi connectivity index (χ4n) is 3.03. The molecule has 0 bridgehead atoms. The van der Waals surface area contributed by atoms with Gasteiger partial charge in [-0.2, -0.15) is 0 Å². The third-order valence-corrected chi connectivity index (χ3v) is 4.11. The summed E-state index contributed by atoms with van der Waals surface area (Å²) in [4.78, 5) is 0. The highest BCUT2D eigenvalue weighted by molar-refractivity contribution is 5.12. The van der Waals surface area contributed by atoms with Gasteiger partial charge in [-0.25, -0.2) is 0 Å². The first-order chi connectivity index (χ1) is 5.54. The molecule has 1 aliphatic carbocycles. The Bertz CT molecular complexity index is 158. The van der Waals surface area contributed by atoms with E-state index in [4.69, 9.17) is 5.73 Å². The van der Waals surface area contributed by atoms with Crippen molar-refractivity contribution in [2.24, 2.45) is 22.5 Å². The fraction of sp³-hybridized carbons (Fsp3) is 1.00. The van der Waals surface area contributed by atoms with Gasteiger partial charge < -0.3 is 5.73 Å². The minimum Gasteiger partial charge on any atom is -0.330 e. The molecule has 1 aliphatic rings. The van der Waals surface area contributed by atoms with Crippen molar-refractivity contribution in [3.63, 3.8) is 0 Å². The summed E-state index contributed by atoms with van der Waals surface area (Å²) < 4.78 is 0. The van der Waals surface area contributed by atoms with Gasteiger partial charge in [-0.15, -0.1) is 0 Å². The molecule has 0 radical (unpaired) electrons. The predicted octanol–water partition coefficient (Wildman–Crippen LogP) is 2.80. The minimum atomic E-state index is 0.483. The number of hydrogen-bond acceptors (Lipinski definition) is 1. The summed E-state index contributed by atoms with van der Waals surface area (Å²) in [7, 11) is 0. The van der Waals surface area contributed by atoms with Crippen molar-refractivity contribution in [1.82, 2.24) is 0 Å². The van der Waals surface area contributed by atoms with Crippen LogP contribution >= 0.6 is 0 Å². The highest BCUT2D eigenvalue weighted by Gasteiger charge is 2.62. The Kier molecular flexibility index (Phi) is 2.53. The minimum absolute atomic E-state index is 0.483. The molecule has 1 saturated carbocycles. The molecule has 0 heterocycles. The number of nitrogens with two attached hydrogens (primary N) is 1. The van der Waals surface area contributed by atoms with Gasteiger partial charge in [0.25, 0.3) is 0 Å². The Hall–Kier alpha value is -0.0400. The molecular formula is C11H23N. The largest absolute Gasteiger partial charge is 0.330 e. The lowest BCUT2D eigenvalue weighted by Gasteiger charge is -2.27. The molecule has 0 saturated heterocycles. The van der Waals surface area contributed by atoms with Gasteiger partial charge in [-0.05, 0) is 29.7 Å². The van der Waals surface area contributed by atoms with Crippen LogP contribution in [0.5, 0.6) is 0 Å². The molecule has 2 N–H and O–H groups in total. The second kappa shape index (κ2) is 3.02. The van der Waals surface area contributed by atoms with Crippen LogP contribution in [-0.4, -0.2) is 6.54 Å². The maximum Gasteiger partial charge on any atom is -0.00125 e. The van der Waals surface area contributed by atoms with Crippen molar-refractivity contribution >= 4 is 0 Å². The van der Waals surface area contributed by atoms with E-state index in [2.05, 4.69) is 27.7 Å². The first kappa shape index (κ1) is 10.0. The number of rotatable bonds is 4. The predicted molar refractivity (Wildman–Crippen MR) is 54.0 cm³/mol. The van der Waals surface area contributed by atoms with Gasteiger partial charge in [0, 0.05) is 0 Å². The molecule has 0 aromatic heterocycles. The van der Waals surface area contributed by atoms with E-state index >= 15 is 0 Å².